The van der Waals surface area contributed by atoms with E-state index in [-0.39, 0.29) is 11.8 Å². The molecule has 0 aliphatic rings. The highest BCUT2D eigenvalue weighted by molar-refractivity contribution is 5.92. The van der Waals surface area contributed by atoms with Crippen LogP contribution in [0.5, 0.6) is 0 Å². The number of hydrogen-bond acceptors (Lipinski definition) is 4. The number of carbonyl (C=O) groups excluding carboxylic acids is 1. The van der Waals surface area contributed by atoms with E-state index in [2.05, 4.69) is 10.3 Å². The highest BCUT2D eigenvalue weighted by Gasteiger charge is 2.08. The molecular weight excluding hydrogens is 218 g/mol. The van der Waals surface area contributed by atoms with Crippen LogP contribution in [0.3, 0.4) is 0 Å². The molecule has 1 rings (SSSR count). The fourth-order valence-corrected chi connectivity index (χ4v) is 1.38. The average Bonchev–Trinajstić information content (AvgIpc) is 2.36. The van der Waals surface area contributed by atoms with Gasteiger partial charge in [-0.3, -0.25) is 9.78 Å². The third-order valence-corrected chi connectivity index (χ3v) is 2.36. The fourth-order valence-electron chi connectivity index (χ4n) is 1.38. The van der Waals surface area contributed by atoms with Crippen LogP contribution in [0.1, 0.15) is 23.0 Å². The molecule has 1 amide bonds. The first-order chi connectivity index (χ1) is 8.17. The van der Waals surface area contributed by atoms with Crippen LogP contribution in [0.15, 0.2) is 18.3 Å². The predicted octanol–water partition coefficient (Wildman–Crippen LogP) is 0.553. The first kappa shape index (κ1) is 13.6. The molecule has 1 aromatic heterocycles. The Balaban J connectivity index is 2.46. The first-order valence-electron chi connectivity index (χ1n) is 5.59. The van der Waals surface area contributed by atoms with Crippen LogP contribution in [0.2, 0.25) is 0 Å². The van der Waals surface area contributed by atoms with Gasteiger partial charge in [0.25, 0.3) is 5.91 Å². The predicted molar refractivity (Wildman–Crippen MR) is 65.5 cm³/mol. The number of amides is 1. The third-order valence-electron chi connectivity index (χ3n) is 2.36. The number of aromatic nitrogens is 1. The maximum Gasteiger partial charge on any atom is 0.269 e. The van der Waals surface area contributed by atoms with Gasteiger partial charge in [-0.2, -0.15) is 0 Å². The highest BCUT2D eigenvalue weighted by atomic mass is 16.5. The van der Waals surface area contributed by atoms with E-state index in [0.29, 0.717) is 25.4 Å². The van der Waals surface area contributed by atoms with E-state index in [1.54, 1.807) is 25.4 Å². The summed E-state index contributed by atoms with van der Waals surface area (Å²) in [7, 11) is 1.64. The Morgan fingerprint density at radius 1 is 1.59 bits per heavy atom. The Morgan fingerprint density at radius 2 is 2.35 bits per heavy atom. The minimum atomic E-state index is -0.170. The molecule has 5 nitrogen and oxygen atoms in total. The van der Waals surface area contributed by atoms with Gasteiger partial charge < -0.3 is 15.8 Å². The third kappa shape index (κ3) is 4.50. The molecular formula is C12H19N3O2. The monoisotopic (exact) mass is 237 g/mol. The van der Waals surface area contributed by atoms with Crippen molar-refractivity contribution in [2.24, 2.45) is 11.7 Å². The molecule has 0 spiro atoms. The molecule has 0 aliphatic heterocycles. The molecule has 0 aliphatic carbocycles. The number of rotatable bonds is 6. The number of pyridine rings is 1. The SMILES string of the molecule is COCC(C)CNC(=O)c1ccc(CN)cn1. The maximum absolute atomic E-state index is 11.7. The summed E-state index contributed by atoms with van der Waals surface area (Å²) < 4.78 is 4.99. The van der Waals surface area contributed by atoms with Crippen LogP contribution in [0.4, 0.5) is 0 Å². The lowest BCUT2D eigenvalue weighted by Gasteiger charge is -2.11. The summed E-state index contributed by atoms with van der Waals surface area (Å²) in [4.78, 5) is 15.8. The molecule has 0 aromatic carbocycles. The summed E-state index contributed by atoms with van der Waals surface area (Å²) >= 11 is 0. The summed E-state index contributed by atoms with van der Waals surface area (Å²) in [5, 5.41) is 2.81. The van der Waals surface area contributed by atoms with E-state index in [9.17, 15) is 4.79 Å². The number of hydrogen-bond donors (Lipinski definition) is 2. The number of nitrogens with two attached hydrogens (primary N) is 1. The second-order valence-electron chi connectivity index (χ2n) is 4.03. The second-order valence-corrected chi connectivity index (χ2v) is 4.03. The van der Waals surface area contributed by atoms with Crippen molar-refractivity contribution in [2.75, 3.05) is 20.3 Å². The lowest BCUT2D eigenvalue weighted by molar-refractivity contribution is 0.0929. The highest BCUT2D eigenvalue weighted by Crippen LogP contribution is 2.00. The molecule has 0 saturated carbocycles. The van der Waals surface area contributed by atoms with Gasteiger partial charge in [0.1, 0.15) is 5.69 Å². The number of nitrogens with zero attached hydrogens (tertiary/aromatic N) is 1. The Labute approximate surface area is 101 Å². The topological polar surface area (TPSA) is 77.2 Å². The van der Waals surface area contributed by atoms with Crippen LogP contribution in [0, 0.1) is 5.92 Å². The van der Waals surface area contributed by atoms with Gasteiger partial charge in [0.15, 0.2) is 0 Å². The van der Waals surface area contributed by atoms with E-state index >= 15 is 0 Å². The first-order valence-corrected chi connectivity index (χ1v) is 5.59. The van der Waals surface area contributed by atoms with Gasteiger partial charge in [0, 0.05) is 26.4 Å². The van der Waals surface area contributed by atoms with Crippen molar-refractivity contribution in [3.8, 4) is 0 Å². The van der Waals surface area contributed by atoms with E-state index in [0.717, 1.165) is 5.56 Å². The van der Waals surface area contributed by atoms with Crippen molar-refractivity contribution in [3.63, 3.8) is 0 Å². The molecule has 0 bridgehead atoms. The van der Waals surface area contributed by atoms with Crippen molar-refractivity contribution < 1.29 is 9.53 Å². The van der Waals surface area contributed by atoms with Crippen LogP contribution < -0.4 is 11.1 Å². The van der Waals surface area contributed by atoms with Gasteiger partial charge in [0.2, 0.25) is 0 Å². The van der Waals surface area contributed by atoms with Crippen molar-refractivity contribution in [3.05, 3.63) is 29.6 Å². The van der Waals surface area contributed by atoms with Gasteiger partial charge in [-0.25, -0.2) is 0 Å². The summed E-state index contributed by atoms with van der Waals surface area (Å²) in [5.41, 5.74) is 6.77. The largest absolute Gasteiger partial charge is 0.384 e. The number of ether oxygens (including phenoxy) is 1. The van der Waals surface area contributed by atoms with E-state index in [1.165, 1.54) is 0 Å². The van der Waals surface area contributed by atoms with E-state index in [4.69, 9.17) is 10.5 Å². The number of methoxy groups -OCH3 is 1. The minimum Gasteiger partial charge on any atom is -0.384 e. The van der Waals surface area contributed by atoms with Gasteiger partial charge in [-0.1, -0.05) is 13.0 Å². The normalized spacial score (nSPS) is 12.2. The summed E-state index contributed by atoms with van der Waals surface area (Å²) in [6, 6.07) is 3.49. The van der Waals surface area contributed by atoms with Crippen molar-refractivity contribution >= 4 is 5.91 Å². The summed E-state index contributed by atoms with van der Waals surface area (Å²) in [5.74, 6) is 0.115. The molecule has 3 N–H and O–H groups in total. The zero-order valence-corrected chi connectivity index (χ0v) is 10.3. The van der Waals surface area contributed by atoms with Crippen molar-refractivity contribution in [1.29, 1.82) is 0 Å². The van der Waals surface area contributed by atoms with E-state index < -0.39 is 0 Å². The van der Waals surface area contributed by atoms with Crippen LogP contribution in [-0.2, 0) is 11.3 Å². The van der Waals surface area contributed by atoms with Crippen LogP contribution in [0.25, 0.3) is 0 Å². The average molecular weight is 237 g/mol. The maximum atomic E-state index is 11.7. The minimum absolute atomic E-state index is 0.170. The van der Waals surface area contributed by atoms with E-state index in [1.807, 2.05) is 6.92 Å². The molecule has 1 heterocycles. The molecule has 94 valence electrons. The van der Waals surface area contributed by atoms with Gasteiger partial charge in [0.05, 0.1) is 6.61 Å². The molecule has 1 atom stereocenters. The quantitative estimate of drug-likeness (QED) is 0.757. The zero-order chi connectivity index (χ0) is 12.7. The molecule has 1 aromatic rings. The Bertz CT molecular complexity index is 351. The van der Waals surface area contributed by atoms with Gasteiger partial charge >= 0.3 is 0 Å². The van der Waals surface area contributed by atoms with Crippen LogP contribution in [-0.4, -0.2) is 31.2 Å². The zero-order valence-electron chi connectivity index (χ0n) is 10.3. The molecule has 17 heavy (non-hydrogen) atoms. The summed E-state index contributed by atoms with van der Waals surface area (Å²) in [6.07, 6.45) is 1.62. The smallest absolute Gasteiger partial charge is 0.269 e. The summed E-state index contributed by atoms with van der Waals surface area (Å²) in [6.45, 7) is 3.64. The van der Waals surface area contributed by atoms with Gasteiger partial charge in [-0.05, 0) is 17.5 Å². The molecule has 0 radical (unpaired) electrons. The Hall–Kier alpha value is -1.46. The number of nitrogens with one attached hydrogen (secondary N) is 1. The standard InChI is InChI=1S/C12H19N3O2/c1-9(8-17-2)6-15-12(16)11-4-3-10(5-13)7-14-11/h3-4,7,9H,5-6,8,13H2,1-2H3,(H,15,16). The lowest BCUT2D eigenvalue weighted by Crippen LogP contribution is -2.30. The Kier molecular flexibility index (Phi) is 5.59. The lowest BCUT2D eigenvalue weighted by atomic mass is 10.2. The molecule has 0 saturated heterocycles. The fraction of sp³-hybridized carbons (Fsp3) is 0.500. The van der Waals surface area contributed by atoms with Crippen molar-refractivity contribution in [1.82, 2.24) is 10.3 Å². The number of carbonyl (C=O) groups is 1. The molecule has 1 unspecified atom stereocenters. The Morgan fingerprint density at radius 3 is 2.88 bits per heavy atom. The molecule has 5 heteroatoms. The van der Waals surface area contributed by atoms with Crippen molar-refractivity contribution in [2.45, 2.75) is 13.5 Å². The van der Waals surface area contributed by atoms with Crippen LogP contribution >= 0.6 is 0 Å². The van der Waals surface area contributed by atoms with Gasteiger partial charge in [-0.15, -0.1) is 0 Å². The molecule has 0 fully saturated rings. The second kappa shape index (κ2) is 6.98.